The number of hydrogen-bond acceptors (Lipinski definition) is 4. The van der Waals surface area contributed by atoms with Crippen molar-refractivity contribution in [1.82, 2.24) is 9.97 Å². The number of anilines is 1. The highest BCUT2D eigenvalue weighted by Crippen LogP contribution is 2.31. The predicted molar refractivity (Wildman–Crippen MR) is 65.1 cm³/mol. The maximum Gasteiger partial charge on any atom is 0.220 e. The first kappa shape index (κ1) is 10.1. The van der Waals surface area contributed by atoms with Crippen LogP contribution in [0.25, 0.3) is 0 Å². The van der Waals surface area contributed by atoms with Crippen LogP contribution >= 0.6 is 0 Å². The van der Waals surface area contributed by atoms with Gasteiger partial charge in [0.1, 0.15) is 5.75 Å². The molecular formula is C13H13N3O. The van der Waals surface area contributed by atoms with Crippen molar-refractivity contribution >= 4 is 5.95 Å². The second-order valence-corrected chi connectivity index (χ2v) is 4.15. The average Bonchev–Trinajstić information content (AvgIpc) is 2.35. The van der Waals surface area contributed by atoms with Gasteiger partial charge < -0.3 is 10.5 Å². The molecule has 17 heavy (non-hydrogen) atoms. The lowest BCUT2D eigenvalue weighted by Crippen LogP contribution is -2.12. The average molecular weight is 227 g/mol. The molecule has 4 nitrogen and oxygen atoms in total. The quantitative estimate of drug-likeness (QED) is 0.685. The van der Waals surface area contributed by atoms with Gasteiger partial charge >= 0.3 is 0 Å². The Bertz CT molecular complexity index is 581. The van der Waals surface area contributed by atoms with Gasteiger partial charge in [-0.2, -0.15) is 0 Å². The van der Waals surface area contributed by atoms with Crippen molar-refractivity contribution in [2.75, 3.05) is 12.8 Å². The van der Waals surface area contributed by atoms with Crippen LogP contribution in [0.5, 0.6) is 5.75 Å². The summed E-state index contributed by atoms with van der Waals surface area (Å²) in [5, 5.41) is 0. The zero-order valence-corrected chi connectivity index (χ0v) is 9.60. The summed E-state index contributed by atoms with van der Waals surface area (Å²) >= 11 is 0. The van der Waals surface area contributed by atoms with E-state index in [9.17, 15) is 0 Å². The van der Waals surface area contributed by atoms with Gasteiger partial charge in [0.25, 0.3) is 0 Å². The number of nitrogen functional groups attached to an aromatic ring is 1. The molecule has 0 atom stereocenters. The van der Waals surface area contributed by atoms with Crippen molar-refractivity contribution in [1.29, 1.82) is 0 Å². The van der Waals surface area contributed by atoms with Crippen molar-refractivity contribution in [3.05, 3.63) is 46.8 Å². The lowest BCUT2D eigenvalue weighted by atomic mass is 9.89. The number of methoxy groups -OCH3 is 1. The minimum absolute atomic E-state index is 0.343. The van der Waals surface area contributed by atoms with Crippen LogP contribution in [0.15, 0.2) is 24.4 Å². The number of fused-ring (bicyclic) bond motifs is 2. The number of benzene rings is 1. The molecule has 1 aromatic heterocycles. The highest BCUT2D eigenvalue weighted by Gasteiger charge is 2.19. The normalized spacial score (nSPS) is 12.8. The molecule has 0 unspecified atom stereocenters. The largest absolute Gasteiger partial charge is 0.496 e. The Kier molecular flexibility index (Phi) is 2.21. The van der Waals surface area contributed by atoms with Crippen LogP contribution in [0.1, 0.15) is 22.4 Å². The fourth-order valence-electron chi connectivity index (χ4n) is 2.30. The number of nitrogens with zero attached hydrogens (tertiary/aromatic N) is 2. The predicted octanol–water partition coefficient (Wildman–Crippen LogP) is 1.56. The Morgan fingerprint density at radius 2 is 2.12 bits per heavy atom. The Morgan fingerprint density at radius 1 is 1.24 bits per heavy atom. The molecule has 1 aromatic carbocycles. The van der Waals surface area contributed by atoms with E-state index in [1.165, 1.54) is 11.1 Å². The molecule has 2 aromatic rings. The van der Waals surface area contributed by atoms with E-state index in [4.69, 9.17) is 10.5 Å². The molecule has 1 aliphatic carbocycles. The number of aromatic nitrogens is 2. The summed E-state index contributed by atoms with van der Waals surface area (Å²) in [5.41, 5.74) is 10.3. The van der Waals surface area contributed by atoms with E-state index in [0.717, 1.165) is 29.8 Å². The third kappa shape index (κ3) is 1.62. The molecular weight excluding hydrogens is 214 g/mol. The summed E-state index contributed by atoms with van der Waals surface area (Å²) < 4.78 is 5.39. The molecule has 0 radical (unpaired) electrons. The van der Waals surface area contributed by atoms with Crippen molar-refractivity contribution < 1.29 is 4.74 Å². The van der Waals surface area contributed by atoms with Crippen molar-refractivity contribution in [3.8, 4) is 5.75 Å². The summed E-state index contributed by atoms with van der Waals surface area (Å²) in [5.74, 6) is 1.28. The van der Waals surface area contributed by atoms with Gasteiger partial charge in [-0.15, -0.1) is 0 Å². The summed E-state index contributed by atoms with van der Waals surface area (Å²) in [6.45, 7) is 0. The third-order valence-corrected chi connectivity index (χ3v) is 3.15. The van der Waals surface area contributed by atoms with Gasteiger partial charge in [-0.3, -0.25) is 0 Å². The van der Waals surface area contributed by atoms with Crippen LogP contribution in [-0.4, -0.2) is 17.1 Å². The molecule has 86 valence electrons. The minimum Gasteiger partial charge on any atom is -0.496 e. The second kappa shape index (κ2) is 3.73. The Hall–Kier alpha value is -2.10. The highest BCUT2D eigenvalue weighted by molar-refractivity contribution is 5.49. The van der Waals surface area contributed by atoms with Crippen molar-refractivity contribution in [2.24, 2.45) is 0 Å². The number of ether oxygens (including phenoxy) is 1. The van der Waals surface area contributed by atoms with E-state index in [1.807, 2.05) is 18.3 Å². The molecule has 1 heterocycles. The van der Waals surface area contributed by atoms with E-state index in [-0.39, 0.29) is 0 Å². The molecule has 1 aliphatic rings. The zero-order valence-electron chi connectivity index (χ0n) is 9.60. The summed E-state index contributed by atoms with van der Waals surface area (Å²) in [7, 11) is 1.70. The van der Waals surface area contributed by atoms with Crippen LogP contribution in [0.3, 0.4) is 0 Å². The van der Waals surface area contributed by atoms with Gasteiger partial charge in [0.2, 0.25) is 5.95 Å². The second-order valence-electron chi connectivity index (χ2n) is 4.15. The Labute approximate surface area is 99.5 Å². The van der Waals surface area contributed by atoms with E-state index in [1.54, 1.807) is 7.11 Å². The summed E-state index contributed by atoms with van der Waals surface area (Å²) in [6.07, 6.45) is 3.43. The van der Waals surface area contributed by atoms with Crippen molar-refractivity contribution in [2.45, 2.75) is 12.8 Å². The third-order valence-electron chi connectivity index (χ3n) is 3.15. The molecule has 0 fully saturated rings. The minimum atomic E-state index is 0.343. The molecule has 0 spiro atoms. The van der Waals surface area contributed by atoms with E-state index in [2.05, 4.69) is 16.0 Å². The summed E-state index contributed by atoms with van der Waals surface area (Å²) in [6, 6.07) is 6.11. The van der Waals surface area contributed by atoms with Crippen molar-refractivity contribution in [3.63, 3.8) is 0 Å². The van der Waals surface area contributed by atoms with Gasteiger partial charge in [0, 0.05) is 24.6 Å². The lowest BCUT2D eigenvalue weighted by molar-refractivity contribution is 0.409. The molecule has 0 saturated carbocycles. The van der Waals surface area contributed by atoms with Gasteiger partial charge in [-0.1, -0.05) is 12.1 Å². The Morgan fingerprint density at radius 3 is 2.94 bits per heavy atom. The maximum absolute atomic E-state index is 5.61. The van der Waals surface area contributed by atoms with Crippen LogP contribution in [0.2, 0.25) is 0 Å². The van der Waals surface area contributed by atoms with E-state index < -0.39 is 0 Å². The zero-order chi connectivity index (χ0) is 11.8. The van der Waals surface area contributed by atoms with E-state index in [0.29, 0.717) is 5.95 Å². The van der Waals surface area contributed by atoms with Crippen LogP contribution in [0.4, 0.5) is 5.95 Å². The fourth-order valence-corrected chi connectivity index (χ4v) is 2.30. The SMILES string of the molecule is COc1cccc2c1Cc1cnc(N)nc1C2. The molecule has 2 N–H and O–H groups in total. The maximum atomic E-state index is 5.61. The van der Waals surface area contributed by atoms with Gasteiger partial charge in [0.15, 0.2) is 0 Å². The molecule has 3 rings (SSSR count). The number of nitrogens with two attached hydrogens (primary N) is 1. The topological polar surface area (TPSA) is 61.0 Å². The van der Waals surface area contributed by atoms with Gasteiger partial charge in [-0.25, -0.2) is 9.97 Å². The molecule has 4 heteroatoms. The molecule has 0 bridgehead atoms. The Balaban J connectivity index is 2.10. The molecule has 0 amide bonds. The fraction of sp³-hybridized carbons (Fsp3) is 0.231. The number of hydrogen-bond donors (Lipinski definition) is 1. The van der Waals surface area contributed by atoms with E-state index >= 15 is 0 Å². The van der Waals surface area contributed by atoms with Crippen LogP contribution < -0.4 is 10.5 Å². The first-order chi connectivity index (χ1) is 8.28. The summed E-state index contributed by atoms with van der Waals surface area (Å²) in [4.78, 5) is 8.34. The molecule has 0 saturated heterocycles. The number of rotatable bonds is 1. The van der Waals surface area contributed by atoms with Gasteiger partial charge in [-0.05, 0) is 17.2 Å². The lowest BCUT2D eigenvalue weighted by Gasteiger charge is -2.20. The first-order valence-corrected chi connectivity index (χ1v) is 5.53. The monoisotopic (exact) mass is 227 g/mol. The molecule has 0 aliphatic heterocycles. The smallest absolute Gasteiger partial charge is 0.220 e. The first-order valence-electron chi connectivity index (χ1n) is 5.53. The highest BCUT2D eigenvalue weighted by atomic mass is 16.5. The van der Waals surface area contributed by atoms with Crippen LogP contribution in [-0.2, 0) is 12.8 Å². The van der Waals surface area contributed by atoms with Crippen LogP contribution in [0, 0.1) is 0 Å². The standard InChI is InChI=1S/C13H13N3O/c1-17-12-4-2-3-8-6-11-9(5-10(8)12)7-15-13(14)16-11/h2-4,7H,5-6H2,1H3,(H2,14,15,16). The van der Waals surface area contributed by atoms with Gasteiger partial charge in [0.05, 0.1) is 12.8 Å².